The Bertz CT molecular complexity index is 1570. The predicted molar refractivity (Wildman–Crippen MR) is 169 cm³/mol. The molecule has 3 heterocycles. The van der Waals surface area contributed by atoms with Gasteiger partial charge in [-0.05, 0) is 70.4 Å². The van der Waals surface area contributed by atoms with E-state index in [9.17, 15) is 19.2 Å². The highest BCUT2D eigenvalue weighted by Crippen LogP contribution is 2.31. The molecule has 0 spiro atoms. The molecule has 2 amide bonds. The number of nitrogens with zero attached hydrogens (tertiary/aromatic N) is 5. The Morgan fingerprint density at radius 1 is 1.11 bits per heavy atom. The lowest BCUT2D eigenvalue weighted by Crippen LogP contribution is -2.53. The first-order valence-corrected chi connectivity index (χ1v) is 15.3. The molecule has 246 valence electrons. The highest BCUT2D eigenvalue weighted by Gasteiger charge is 2.35. The average molecular weight is 656 g/mol. The summed E-state index contributed by atoms with van der Waals surface area (Å²) >= 11 is 6.54. The van der Waals surface area contributed by atoms with Crippen molar-refractivity contribution in [3.05, 3.63) is 65.1 Å². The number of benzene rings is 1. The second kappa shape index (κ2) is 14.6. The van der Waals surface area contributed by atoms with E-state index in [4.69, 9.17) is 30.5 Å². The first kappa shape index (κ1) is 34.2. The summed E-state index contributed by atoms with van der Waals surface area (Å²) in [7, 11) is 1.58. The van der Waals surface area contributed by atoms with Crippen molar-refractivity contribution < 1.29 is 38.1 Å². The Balaban J connectivity index is 1.58. The van der Waals surface area contributed by atoms with Crippen LogP contribution < -0.4 is 4.90 Å². The van der Waals surface area contributed by atoms with E-state index in [1.807, 2.05) is 0 Å². The maximum Gasteiger partial charge on any atom is 0.511 e. The Morgan fingerprint density at radius 2 is 1.83 bits per heavy atom. The molecule has 4 rings (SSSR count). The van der Waals surface area contributed by atoms with Gasteiger partial charge in [-0.25, -0.2) is 19.4 Å². The van der Waals surface area contributed by atoms with Gasteiger partial charge in [-0.3, -0.25) is 14.4 Å². The van der Waals surface area contributed by atoms with E-state index in [0.717, 1.165) is 0 Å². The minimum absolute atomic E-state index is 0.113. The van der Waals surface area contributed by atoms with Gasteiger partial charge >= 0.3 is 18.2 Å². The van der Waals surface area contributed by atoms with E-state index in [2.05, 4.69) is 10.1 Å². The van der Waals surface area contributed by atoms with Crippen LogP contribution in [0, 0.1) is 0 Å². The molecule has 1 aliphatic heterocycles. The number of carbonyl (C=O) groups excluding carboxylic acids is 4. The van der Waals surface area contributed by atoms with E-state index >= 15 is 0 Å². The van der Waals surface area contributed by atoms with Gasteiger partial charge in [0.1, 0.15) is 5.60 Å². The van der Waals surface area contributed by atoms with Crippen LogP contribution in [-0.4, -0.2) is 81.4 Å². The van der Waals surface area contributed by atoms with Crippen LogP contribution >= 0.6 is 11.6 Å². The lowest BCUT2D eigenvalue weighted by molar-refractivity contribution is -0.0815. The second-order valence-electron chi connectivity index (χ2n) is 11.6. The Hall–Kier alpha value is -4.65. The fraction of sp³-hybridized carbons (Fsp3) is 0.438. The van der Waals surface area contributed by atoms with Crippen molar-refractivity contribution in [2.45, 2.75) is 65.4 Å². The molecule has 2 aromatic heterocycles. The zero-order valence-electron chi connectivity index (χ0n) is 26.7. The van der Waals surface area contributed by atoms with Crippen molar-refractivity contribution in [1.82, 2.24) is 19.7 Å². The van der Waals surface area contributed by atoms with Crippen molar-refractivity contribution >= 4 is 41.5 Å². The molecule has 3 aromatic rings. The van der Waals surface area contributed by atoms with Crippen LogP contribution in [-0.2, 0) is 26.0 Å². The monoisotopic (exact) mass is 655 g/mol. The number of piperidine rings is 1. The molecule has 2 unspecified atom stereocenters. The van der Waals surface area contributed by atoms with Gasteiger partial charge in [0, 0.05) is 44.4 Å². The van der Waals surface area contributed by atoms with Gasteiger partial charge in [-0.2, -0.15) is 5.10 Å². The molecule has 1 saturated heterocycles. The standard InChI is InChI=1S/C32H38ClN5O8/c1-7-43-31(42)45-20(2)44-29(40)26-24(18-35-36(26)6)21-12-14-22(15-13-21)28(39)38(27-25(33)11-8-16-34-27)23-10-9-17-37(19-23)30(41)46-32(3,4)5/h8,11-16,18,20,23H,7,9-10,17,19H2,1-6H3. The summed E-state index contributed by atoms with van der Waals surface area (Å²) in [6.45, 7) is 9.28. The number of hydrogen-bond acceptors (Lipinski definition) is 10. The van der Waals surface area contributed by atoms with Crippen molar-refractivity contribution in [3.63, 3.8) is 0 Å². The number of likely N-dealkylation sites (tertiary alicyclic amines) is 1. The number of amides is 2. The lowest BCUT2D eigenvalue weighted by Gasteiger charge is -2.39. The fourth-order valence-electron chi connectivity index (χ4n) is 4.99. The van der Waals surface area contributed by atoms with Gasteiger partial charge in [-0.1, -0.05) is 23.7 Å². The van der Waals surface area contributed by atoms with Crippen molar-refractivity contribution in [3.8, 4) is 11.1 Å². The van der Waals surface area contributed by atoms with Crippen LogP contribution in [0.4, 0.5) is 15.4 Å². The summed E-state index contributed by atoms with van der Waals surface area (Å²) in [5, 5.41) is 4.49. The van der Waals surface area contributed by atoms with E-state index < -0.39 is 36.2 Å². The maximum absolute atomic E-state index is 14.1. The number of aromatic nitrogens is 3. The largest absolute Gasteiger partial charge is 0.511 e. The highest BCUT2D eigenvalue weighted by atomic mass is 35.5. The molecule has 0 radical (unpaired) electrons. The van der Waals surface area contributed by atoms with Crippen molar-refractivity contribution in [2.75, 3.05) is 24.6 Å². The topological polar surface area (TPSA) is 142 Å². The van der Waals surface area contributed by atoms with E-state index in [1.165, 1.54) is 22.7 Å². The van der Waals surface area contributed by atoms with Crippen LogP contribution in [0.5, 0.6) is 0 Å². The molecule has 0 bridgehead atoms. The molecule has 46 heavy (non-hydrogen) atoms. The van der Waals surface area contributed by atoms with Crippen molar-refractivity contribution in [1.29, 1.82) is 0 Å². The number of hydrogen-bond donors (Lipinski definition) is 0. The molecule has 2 atom stereocenters. The third kappa shape index (κ3) is 8.33. The zero-order valence-corrected chi connectivity index (χ0v) is 27.4. The van der Waals surface area contributed by atoms with Crippen LogP contribution in [0.15, 0.2) is 48.8 Å². The van der Waals surface area contributed by atoms with Gasteiger partial charge in [-0.15, -0.1) is 0 Å². The molecule has 1 aromatic carbocycles. The maximum atomic E-state index is 14.1. The predicted octanol–water partition coefficient (Wildman–Crippen LogP) is 5.86. The Morgan fingerprint density at radius 3 is 2.48 bits per heavy atom. The summed E-state index contributed by atoms with van der Waals surface area (Å²) in [5.41, 5.74) is 0.825. The summed E-state index contributed by atoms with van der Waals surface area (Å²) in [6.07, 6.45) is 1.72. The molecule has 1 fully saturated rings. The summed E-state index contributed by atoms with van der Waals surface area (Å²) in [5.74, 6) is -0.848. The van der Waals surface area contributed by atoms with E-state index in [0.29, 0.717) is 41.1 Å². The van der Waals surface area contributed by atoms with Gasteiger partial charge in [0.15, 0.2) is 11.5 Å². The third-order valence-electron chi connectivity index (χ3n) is 6.97. The summed E-state index contributed by atoms with van der Waals surface area (Å²) < 4.78 is 21.9. The SMILES string of the molecule is CCOC(=O)OC(C)OC(=O)c1c(-c2ccc(C(=O)N(c3ncccc3Cl)C3CCCN(C(=O)OC(C)(C)C)C3)cc2)cnn1C. The number of aryl methyl sites for hydroxylation is 1. The smallest absolute Gasteiger partial charge is 0.444 e. The Labute approximate surface area is 272 Å². The molecule has 0 N–H and O–H groups in total. The van der Waals surface area contributed by atoms with Crippen LogP contribution in [0.1, 0.15) is 68.3 Å². The molecule has 14 heteroatoms. The minimum atomic E-state index is -1.20. The second-order valence-corrected chi connectivity index (χ2v) is 12.0. The molecular formula is C32H38ClN5O8. The van der Waals surface area contributed by atoms with Gasteiger partial charge in [0.2, 0.25) is 6.29 Å². The quantitative estimate of drug-likeness (QED) is 0.165. The first-order chi connectivity index (χ1) is 21.8. The molecule has 13 nitrogen and oxygen atoms in total. The minimum Gasteiger partial charge on any atom is -0.444 e. The summed E-state index contributed by atoms with van der Waals surface area (Å²) in [6, 6.07) is 9.55. The Kier molecular flexibility index (Phi) is 10.9. The number of ether oxygens (including phenoxy) is 4. The van der Waals surface area contributed by atoms with E-state index in [-0.39, 0.29) is 30.6 Å². The van der Waals surface area contributed by atoms with Gasteiger partial charge in [0.25, 0.3) is 5.91 Å². The normalized spacial score (nSPS) is 15.5. The molecule has 1 aliphatic rings. The van der Waals surface area contributed by atoms with Gasteiger partial charge < -0.3 is 23.8 Å². The lowest BCUT2D eigenvalue weighted by atomic mass is 10.0. The number of halogens is 1. The fourth-order valence-corrected chi connectivity index (χ4v) is 5.20. The first-order valence-electron chi connectivity index (χ1n) is 14.9. The number of pyridine rings is 1. The average Bonchev–Trinajstić information content (AvgIpc) is 3.39. The van der Waals surface area contributed by atoms with Crippen LogP contribution in [0.25, 0.3) is 11.1 Å². The zero-order chi connectivity index (χ0) is 33.6. The third-order valence-corrected chi connectivity index (χ3v) is 7.27. The highest BCUT2D eigenvalue weighted by molar-refractivity contribution is 6.33. The number of anilines is 1. The number of carbonyl (C=O) groups is 4. The number of esters is 1. The van der Waals surface area contributed by atoms with Crippen molar-refractivity contribution in [2.24, 2.45) is 7.05 Å². The molecule has 0 saturated carbocycles. The number of rotatable bonds is 8. The van der Waals surface area contributed by atoms with Crippen LogP contribution in [0.2, 0.25) is 5.02 Å². The molecule has 0 aliphatic carbocycles. The molecular weight excluding hydrogens is 618 g/mol. The van der Waals surface area contributed by atoms with Gasteiger partial charge in [0.05, 0.1) is 23.9 Å². The summed E-state index contributed by atoms with van der Waals surface area (Å²) in [4.78, 5) is 59.2. The van der Waals surface area contributed by atoms with E-state index in [1.54, 1.807) is 82.2 Å². The van der Waals surface area contributed by atoms with Crippen LogP contribution in [0.3, 0.4) is 0 Å².